The minimum Gasteiger partial charge on any atom is -0.349 e. The first kappa shape index (κ1) is 15.8. The van der Waals surface area contributed by atoms with Crippen LogP contribution in [0.25, 0.3) is 0 Å². The Bertz CT molecular complexity index is 462. The lowest BCUT2D eigenvalue weighted by Gasteiger charge is -2.24. The second kappa shape index (κ2) is 7.43. The van der Waals surface area contributed by atoms with Gasteiger partial charge in [0.25, 0.3) is 0 Å². The molecule has 1 aromatic rings. The molecule has 0 amide bonds. The lowest BCUT2D eigenvalue weighted by atomic mass is 9.87. The Morgan fingerprint density at radius 1 is 1.48 bits per heavy atom. The van der Waals surface area contributed by atoms with Crippen LogP contribution in [0.5, 0.6) is 0 Å². The van der Waals surface area contributed by atoms with Gasteiger partial charge in [0.2, 0.25) is 0 Å². The summed E-state index contributed by atoms with van der Waals surface area (Å²) >= 11 is 0. The van der Waals surface area contributed by atoms with Gasteiger partial charge >= 0.3 is 0 Å². The fraction of sp³-hybridized carbons (Fsp3) is 0.800. The highest BCUT2D eigenvalue weighted by atomic mass is 15.3. The molecule has 2 rings (SSSR count). The van der Waals surface area contributed by atoms with Crippen molar-refractivity contribution in [1.82, 2.24) is 25.0 Å². The van der Waals surface area contributed by atoms with Crippen LogP contribution in [0.2, 0.25) is 0 Å². The summed E-state index contributed by atoms with van der Waals surface area (Å²) in [4.78, 5) is 11.0. The van der Waals surface area contributed by atoms with Crippen LogP contribution in [0.15, 0.2) is 11.3 Å². The van der Waals surface area contributed by atoms with Gasteiger partial charge in [0.05, 0.1) is 6.54 Å². The maximum Gasteiger partial charge on any atom is 0.194 e. The molecular formula is C15H28N6. The number of nitrogens with zero attached hydrogens (tertiary/aromatic N) is 5. The molecule has 6 nitrogen and oxygen atoms in total. The van der Waals surface area contributed by atoms with E-state index in [9.17, 15) is 0 Å². The molecule has 118 valence electrons. The fourth-order valence-electron chi connectivity index (χ4n) is 3.29. The second-order valence-electron chi connectivity index (χ2n) is 5.77. The SMILES string of the molecule is CCC(CC)C1CCN(C(=NC)NCc2ncnn2C)C1. The molecule has 0 aromatic carbocycles. The lowest BCUT2D eigenvalue weighted by molar-refractivity contribution is 0.319. The molecule has 0 saturated carbocycles. The van der Waals surface area contributed by atoms with Gasteiger partial charge in [-0.1, -0.05) is 26.7 Å². The maximum absolute atomic E-state index is 4.42. The summed E-state index contributed by atoms with van der Waals surface area (Å²) in [5, 5.41) is 7.49. The summed E-state index contributed by atoms with van der Waals surface area (Å²) in [5.74, 6) is 3.54. The average Bonchev–Trinajstić information content (AvgIpc) is 3.11. The highest BCUT2D eigenvalue weighted by Gasteiger charge is 2.29. The van der Waals surface area contributed by atoms with Gasteiger partial charge < -0.3 is 10.2 Å². The van der Waals surface area contributed by atoms with Crippen LogP contribution in [-0.2, 0) is 13.6 Å². The zero-order chi connectivity index (χ0) is 15.2. The number of aryl methyl sites for hydroxylation is 1. The Balaban J connectivity index is 1.89. The number of hydrogen-bond donors (Lipinski definition) is 1. The number of aromatic nitrogens is 3. The first-order chi connectivity index (χ1) is 10.2. The molecular weight excluding hydrogens is 264 g/mol. The van der Waals surface area contributed by atoms with Crippen molar-refractivity contribution in [2.24, 2.45) is 23.9 Å². The van der Waals surface area contributed by atoms with Gasteiger partial charge in [-0.15, -0.1) is 0 Å². The smallest absolute Gasteiger partial charge is 0.194 e. The first-order valence-corrected chi connectivity index (χ1v) is 7.98. The van der Waals surface area contributed by atoms with Crippen molar-refractivity contribution in [3.8, 4) is 0 Å². The van der Waals surface area contributed by atoms with Crippen molar-refractivity contribution < 1.29 is 0 Å². The third kappa shape index (κ3) is 3.74. The van der Waals surface area contributed by atoms with Crippen LogP contribution in [-0.4, -0.2) is 45.8 Å². The Kier molecular flexibility index (Phi) is 5.59. The van der Waals surface area contributed by atoms with Crippen LogP contribution in [0.1, 0.15) is 38.9 Å². The molecule has 1 aromatic heterocycles. The molecule has 21 heavy (non-hydrogen) atoms. The van der Waals surface area contributed by atoms with Crippen LogP contribution >= 0.6 is 0 Å². The summed E-state index contributed by atoms with van der Waals surface area (Å²) in [7, 11) is 3.76. The van der Waals surface area contributed by atoms with Gasteiger partial charge in [-0.3, -0.25) is 9.67 Å². The van der Waals surface area contributed by atoms with Gasteiger partial charge in [-0.2, -0.15) is 5.10 Å². The Morgan fingerprint density at radius 3 is 2.81 bits per heavy atom. The van der Waals surface area contributed by atoms with Gasteiger partial charge in [0, 0.05) is 27.2 Å². The zero-order valence-electron chi connectivity index (χ0n) is 13.7. The number of guanidine groups is 1. The van der Waals surface area contributed by atoms with E-state index in [2.05, 4.69) is 39.1 Å². The molecule has 0 spiro atoms. The summed E-state index contributed by atoms with van der Waals surface area (Å²) in [6.07, 6.45) is 5.41. The molecule has 1 aliphatic rings. The van der Waals surface area contributed by atoms with Crippen LogP contribution in [0.4, 0.5) is 0 Å². The summed E-state index contributed by atoms with van der Waals surface area (Å²) in [6.45, 7) is 7.48. The summed E-state index contributed by atoms with van der Waals surface area (Å²) in [6, 6.07) is 0. The molecule has 1 saturated heterocycles. The van der Waals surface area contributed by atoms with Gasteiger partial charge in [0.15, 0.2) is 5.96 Å². The van der Waals surface area contributed by atoms with E-state index in [1.807, 2.05) is 14.1 Å². The lowest BCUT2D eigenvalue weighted by Crippen LogP contribution is -2.40. The minimum absolute atomic E-state index is 0.662. The van der Waals surface area contributed by atoms with Gasteiger partial charge in [-0.05, 0) is 18.3 Å². The van der Waals surface area contributed by atoms with E-state index in [-0.39, 0.29) is 0 Å². The molecule has 0 bridgehead atoms. The van der Waals surface area contributed by atoms with Crippen molar-refractivity contribution in [1.29, 1.82) is 0 Å². The van der Waals surface area contributed by atoms with Crippen LogP contribution < -0.4 is 5.32 Å². The van der Waals surface area contributed by atoms with Crippen molar-refractivity contribution in [3.63, 3.8) is 0 Å². The van der Waals surface area contributed by atoms with E-state index in [0.717, 1.165) is 36.7 Å². The highest BCUT2D eigenvalue weighted by Crippen LogP contribution is 2.28. The van der Waals surface area contributed by atoms with E-state index in [4.69, 9.17) is 0 Å². The van der Waals surface area contributed by atoms with E-state index >= 15 is 0 Å². The van der Waals surface area contributed by atoms with Crippen molar-refractivity contribution >= 4 is 5.96 Å². The van der Waals surface area contributed by atoms with Crippen molar-refractivity contribution in [2.75, 3.05) is 20.1 Å². The standard InChI is InChI=1S/C15H28N6/c1-5-12(6-2)13-7-8-21(10-13)15(16-3)17-9-14-18-11-19-20(14)4/h11-13H,5-10H2,1-4H3,(H,16,17). The number of hydrogen-bond acceptors (Lipinski definition) is 3. The molecule has 1 unspecified atom stereocenters. The molecule has 6 heteroatoms. The zero-order valence-corrected chi connectivity index (χ0v) is 13.7. The largest absolute Gasteiger partial charge is 0.349 e. The topological polar surface area (TPSA) is 58.3 Å². The predicted octanol–water partition coefficient (Wildman–Crippen LogP) is 1.65. The van der Waals surface area contributed by atoms with Gasteiger partial charge in [-0.25, -0.2) is 4.98 Å². The Hall–Kier alpha value is -1.59. The molecule has 0 radical (unpaired) electrons. The van der Waals surface area contributed by atoms with Crippen LogP contribution in [0.3, 0.4) is 0 Å². The van der Waals surface area contributed by atoms with E-state index in [0.29, 0.717) is 6.54 Å². The fourth-order valence-corrected chi connectivity index (χ4v) is 3.29. The molecule has 0 aliphatic carbocycles. The normalized spacial score (nSPS) is 19.6. The monoisotopic (exact) mass is 292 g/mol. The molecule has 1 aliphatic heterocycles. The minimum atomic E-state index is 0.662. The average molecular weight is 292 g/mol. The van der Waals surface area contributed by atoms with E-state index < -0.39 is 0 Å². The van der Waals surface area contributed by atoms with Gasteiger partial charge in [0.1, 0.15) is 12.2 Å². The first-order valence-electron chi connectivity index (χ1n) is 7.98. The summed E-state index contributed by atoms with van der Waals surface area (Å²) < 4.78 is 1.79. The molecule has 1 fully saturated rings. The maximum atomic E-state index is 4.42. The number of likely N-dealkylation sites (tertiary alicyclic amines) is 1. The Labute approximate surface area is 127 Å². The summed E-state index contributed by atoms with van der Waals surface area (Å²) in [5.41, 5.74) is 0. The third-order valence-electron chi connectivity index (χ3n) is 4.66. The van der Waals surface area contributed by atoms with Crippen molar-refractivity contribution in [2.45, 2.75) is 39.7 Å². The molecule has 2 heterocycles. The van der Waals surface area contributed by atoms with Crippen molar-refractivity contribution in [3.05, 3.63) is 12.2 Å². The molecule has 1 atom stereocenters. The number of nitrogens with one attached hydrogen (secondary N) is 1. The number of aliphatic imine (C=N–C) groups is 1. The Morgan fingerprint density at radius 2 is 2.24 bits per heavy atom. The predicted molar refractivity (Wildman–Crippen MR) is 85.0 cm³/mol. The van der Waals surface area contributed by atoms with Crippen LogP contribution in [0, 0.1) is 11.8 Å². The van der Waals surface area contributed by atoms with E-state index in [1.165, 1.54) is 19.3 Å². The number of rotatable bonds is 5. The second-order valence-corrected chi connectivity index (χ2v) is 5.77. The third-order valence-corrected chi connectivity index (χ3v) is 4.66. The quantitative estimate of drug-likeness (QED) is 0.662. The highest BCUT2D eigenvalue weighted by molar-refractivity contribution is 5.80. The molecule has 1 N–H and O–H groups in total. The van der Waals surface area contributed by atoms with E-state index in [1.54, 1.807) is 11.0 Å².